The highest BCUT2D eigenvalue weighted by Crippen LogP contribution is 2.52. The molecule has 0 radical (unpaired) electrons. The zero-order valence-electron chi connectivity index (χ0n) is 26.0. The van der Waals surface area contributed by atoms with Gasteiger partial charge < -0.3 is 4.57 Å². The lowest BCUT2D eigenvalue weighted by Gasteiger charge is -2.21. The molecule has 0 aliphatic heterocycles. The van der Waals surface area contributed by atoms with Crippen LogP contribution < -0.4 is 0 Å². The van der Waals surface area contributed by atoms with Gasteiger partial charge in [0.1, 0.15) is 0 Å². The highest BCUT2D eigenvalue weighted by atomic mass is 32.1. The lowest BCUT2D eigenvalue weighted by molar-refractivity contribution is 0.636. The van der Waals surface area contributed by atoms with E-state index in [1.807, 2.05) is 17.4 Å². The van der Waals surface area contributed by atoms with Gasteiger partial charge >= 0.3 is 0 Å². The fourth-order valence-electron chi connectivity index (χ4n) is 7.82. The van der Waals surface area contributed by atoms with Gasteiger partial charge in [-0.1, -0.05) is 129 Å². The van der Waals surface area contributed by atoms with Crippen molar-refractivity contribution >= 4 is 53.3 Å². The van der Waals surface area contributed by atoms with Crippen LogP contribution in [0.5, 0.6) is 0 Å². The highest BCUT2D eigenvalue weighted by Gasteiger charge is 2.40. The van der Waals surface area contributed by atoms with E-state index in [9.17, 15) is 0 Å². The third-order valence-corrected chi connectivity index (χ3v) is 11.2. The standard InChI is InChI=1S/C43H29N3S/c1-43(2)32-20-10-6-17-29(32)38-39(44-42(45-41(38)43)26-14-4-3-5-15-26)31-19-8-12-22-34(31)46-33-21-11-7-18-30(33)37-35(46)25-24-28-27-16-9-13-23-36(27)47-40(28)37/h3-25H,1-2H3. The molecule has 3 nitrogen and oxygen atoms in total. The van der Waals surface area contributed by atoms with Gasteiger partial charge in [0.2, 0.25) is 0 Å². The molecule has 3 aromatic heterocycles. The molecule has 222 valence electrons. The van der Waals surface area contributed by atoms with Gasteiger partial charge in [-0.3, -0.25) is 0 Å². The molecule has 0 fully saturated rings. The fraction of sp³-hybridized carbons (Fsp3) is 0.0698. The van der Waals surface area contributed by atoms with Crippen LogP contribution in [0.1, 0.15) is 25.1 Å². The molecular weight excluding hydrogens is 591 g/mol. The Morgan fingerprint density at radius 1 is 0.574 bits per heavy atom. The first kappa shape index (κ1) is 26.6. The summed E-state index contributed by atoms with van der Waals surface area (Å²) >= 11 is 1.89. The Morgan fingerprint density at radius 2 is 1.28 bits per heavy atom. The second-order valence-corrected chi connectivity index (χ2v) is 14.0. The Balaban J connectivity index is 1.32. The van der Waals surface area contributed by atoms with Gasteiger partial charge in [0.05, 0.1) is 28.1 Å². The normalized spacial score (nSPS) is 13.5. The monoisotopic (exact) mass is 619 g/mol. The van der Waals surface area contributed by atoms with E-state index in [4.69, 9.17) is 9.97 Å². The van der Waals surface area contributed by atoms with Crippen molar-refractivity contribution in [3.8, 4) is 39.5 Å². The van der Waals surface area contributed by atoms with Crippen molar-refractivity contribution in [2.45, 2.75) is 19.3 Å². The molecule has 0 unspecified atom stereocenters. The fourth-order valence-corrected chi connectivity index (χ4v) is 9.08. The summed E-state index contributed by atoms with van der Waals surface area (Å²) in [5.41, 5.74) is 11.0. The minimum atomic E-state index is -0.262. The molecule has 0 saturated heterocycles. The quantitative estimate of drug-likeness (QED) is 0.197. The molecule has 0 saturated carbocycles. The Bertz CT molecular complexity index is 2710. The van der Waals surface area contributed by atoms with E-state index in [0.29, 0.717) is 0 Å². The number of thiophene rings is 1. The van der Waals surface area contributed by atoms with Gasteiger partial charge in [-0.25, -0.2) is 9.97 Å². The summed E-state index contributed by atoms with van der Waals surface area (Å²) < 4.78 is 5.10. The van der Waals surface area contributed by atoms with Crippen molar-refractivity contribution in [1.29, 1.82) is 0 Å². The number of fused-ring (bicyclic) bond motifs is 10. The number of benzene rings is 6. The lowest BCUT2D eigenvalue weighted by Crippen LogP contribution is -2.17. The van der Waals surface area contributed by atoms with Crippen LogP contribution in [0.3, 0.4) is 0 Å². The molecule has 0 spiro atoms. The van der Waals surface area contributed by atoms with Gasteiger partial charge in [-0.05, 0) is 35.4 Å². The van der Waals surface area contributed by atoms with Crippen molar-refractivity contribution in [3.63, 3.8) is 0 Å². The second-order valence-electron chi connectivity index (χ2n) is 13.0. The largest absolute Gasteiger partial charge is 0.309 e. The van der Waals surface area contributed by atoms with Gasteiger partial charge in [-0.15, -0.1) is 11.3 Å². The molecule has 6 aromatic carbocycles. The van der Waals surface area contributed by atoms with Crippen LogP contribution in [-0.4, -0.2) is 14.5 Å². The Morgan fingerprint density at radius 3 is 2.15 bits per heavy atom. The Hall–Kier alpha value is -5.58. The minimum absolute atomic E-state index is 0.262. The van der Waals surface area contributed by atoms with E-state index in [1.165, 1.54) is 53.1 Å². The number of hydrogen-bond donors (Lipinski definition) is 0. The number of hydrogen-bond acceptors (Lipinski definition) is 3. The van der Waals surface area contributed by atoms with Crippen LogP contribution in [0.4, 0.5) is 0 Å². The van der Waals surface area contributed by atoms with Crippen molar-refractivity contribution in [1.82, 2.24) is 14.5 Å². The smallest absolute Gasteiger partial charge is 0.160 e. The summed E-state index contributed by atoms with van der Waals surface area (Å²) in [5.74, 6) is 0.754. The van der Waals surface area contributed by atoms with Gasteiger partial charge in [0.15, 0.2) is 5.82 Å². The van der Waals surface area contributed by atoms with Crippen molar-refractivity contribution < 1.29 is 0 Å². The van der Waals surface area contributed by atoms with E-state index in [1.54, 1.807) is 0 Å². The van der Waals surface area contributed by atoms with Crippen LogP contribution in [0, 0.1) is 0 Å². The molecule has 0 amide bonds. The van der Waals surface area contributed by atoms with E-state index in [-0.39, 0.29) is 5.41 Å². The molecule has 3 heterocycles. The van der Waals surface area contributed by atoms with Crippen LogP contribution >= 0.6 is 11.3 Å². The highest BCUT2D eigenvalue weighted by molar-refractivity contribution is 7.26. The Kier molecular flexibility index (Phi) is 5.50. The maximum absolute atomic E-state index is 5.44. The number of para-hydroxylation sites is 2. The SMILES string of the molecule is CC1(C)c2ccccc2-c2c(-c3ccccc3-n3c4ccccc4c4c5sc6ccccc6c5ccc43)nc(-c3ccccc3)nc21. The average Bonchev–Trinajstić information content (AvgIpc) is 3.74. The van der Waals surface area contributed by atoms with Crippen LogP contribution in [0.2, 0.25) is 0 Å². The van der Waals surface area contributed by atoms with Gasteiger partial charge in [0, 0.05) is 53.1 Å². The molecule has 1 aliphatic rings. The van der Waals surface area contributed by atoms with Crippen molar-refractivity contribution in [2.24, 2.45) is 0 Å². The zero-order chi connectivity index (χ0) is 31.3. The summed E-state index contributed by atoms with van der Waals surface area (Å²) in [6.07, 6.45) is 0. The average molecular weight is 620 g/mol. The molecule has 0 atom stereocenters. The molecule has 1 aliphatic carbocycles. The molecule has 0 bridgehead atoms. The van der Waals surface area contributed by atoms with Crippen molar-refractivity contribution in [2.75, 3.05) is 0 Å². The minimum Gasteiger partial charge on any atom is -0.309 e. The maximum atomic E-state index is 5.44. The molecular formula is C43H29N3S. The molecule has 9 aromatic rings. The van der Waals surface area contributed by atoms with Crippen LogP contribution in [0.25, 0.3) is 81.4 Å². The zero-order valence-corrected chi connectivity index (χ0v) is 26.8. The van der Waals surface area contributed by atoms with Crippen LogP contribution in [-0.2, 0) is 5.41 Å². The summed E-state index contributed by atoms with van der Waals surface area (Å²) in [6.45, 7) is 4.58. The molecule has 0 N–H and O–H groups in total. The van der Waals surface area contributed by atoms with Gasteiger partial charge in [-0.2, -0.15) is 0 Å². The lowest BCUT2D eigenvalue weighted by atomic mass is 9.85. The number of nitrogens with zero attached hydrogens (tertiary/aromatic N) is 3. The van der Waals surface area contributed by atoms with E-state index in [2.05, 4.69) is 152 Å². The maximum Gasteiger partial charge on any atom is 0.160 e. The van der Waals surface area contributed by atoms with E-state index in [0.717, 1.165) is 39.6 Å². The first-order valence-electron chi connectivity index (χ1n) is 16.1. The summed E-state index contributed by atoms with van der Waals surface area (Å²) in [7, 11) is 0. The first-order chi connectivity index (χ1) is 23.1. The molecule has 4 heteroatoms. The summed E-state index contributed by atoms with van der Waals surface area (Å²) in [4.78, 5) is 10.7. The first-order valence-corrected chi connectivity index (χ1v) is 16.9. The number of rotatable bonds is 3. The predicted molar refractivity (Wildman–Crippen MR) is 198 cm³/mol. The number of aromatic nitrogens is 3. The van der Waals surface area contributed by atoms with Gasteiger partial charge in [0.25, 0.3) is 0 Å². The Labute approximate surface area is 276 Å². The van der Waals surface area contributed by atoms with E-state index < -0.39 is 0 Å². The summed E-state index contributed by atoms with van der Waals surface area (Å²) in [5, 5.41) is 5.20. The summed E-state index contributed by atoms with van der Waals surface area (Å²) in [6, 6.07) is 50.1. The van der Waals surface area contributed by atoms with Crippen LogP contribution in [0.15, 0.2) is 140 Å². The molecule has 47 heavy (non-hydrogen) atoms. The topological polar surface area (TPSA) is 30.7 Å². The van der Waals surface area contributed by atoms with E-state index >= 15 is 0 Å². The third-order valence-electron chi connectivity index (χ3n) is 9.98. The van der Waals surface area contributed by atoms with Crippen molar-refractivity contribution in [3.05, 3.63) is 151 Å². The predicted octanol–water partition coefficient (Wildman–Crippen LogP) is 11.6. The second kappa shape index (κ2) is 9.71. The molecule has 10 rings (SSSR count). The third kappa shape index (κ3) is 3.67.